The lowest BCUT2D eigenvalue weighted by molar-refractivity contribution is 0.0232. The summed E-state index contributed by atoms with van der Waals surface area (Å²) in [5.41, 5.74) is 2.46. The highest BCUT2D eigenvalue weighted by Crippen LogP contribution is 2.31. The average molecular weight is 523 g/mol. The van der Waals surface area contributed by atoms with Crippen LogP contribution in [0.2, 0.25) is 0 Å². The smallest absolute Gasteiger partial charge is 0.263 e. The predicted octanol–water partition coefficient (Wildman–Crippen LogP) is 5.04. The van der Waals surface area contributed by atoms with Crippen LogP contribution >= 0.6 is 0 Å². The van der Waals surface area contributed by atoms with Gasteiger partial charge in [-0.05, 0) is 68.5 Å². The number of para-hydroxylation sites is 1. The zero-order chi connectivity index (χ0) is 26.0. The molecule has 3 aliphatic rings. The molecule has 2 atom stereocenters. The quantitative estimate of drug-likeness (QED) is 0.555. The fourth-order valence-electron chi connectivity index (χ4n) is 6.20. The van der Waals surface area contributed by atoms with Crippen LogP contribution in [-0.4, -0.2) is 62.4 Å². The summed E-state index contributed by atoms with van der Waals surface area (Å²) in [5, 5.41) is 3.16. The Morgan fingerprint density at radius 3 is 2.41 bits per heavy atom. The Morgan fingerprint density at radius 1 is 1.00 bits per heavy atom. The Hall–Kier alpha value is -2.84. The first-order chi connectivity index (χ1) is 17.8. The van der Waals surface area contributed by atoms with Gasteiger partial charge >= 0.3 is 0 Å². The molecule has 1 saturated heterocycles. The molecular formula is C29H38N4O3S. The first-order valence-electron chi connectivity index (χ1n) is 13.5. The van der Waals surface area contributed by atoms with Gasteiger partial charge < -0.3 is 10.2 Å². The molecule has 8 heteroatoms. The van der Waals surface area contributed by atoms with Gasteiger partial charge in [-0.15, -0.1) is 0 Å². The topological polar surface area (TPSA) is 81.8 Å². The fourth-order valence-corrected chi connectivity index (χ4v) is 7.48. The van der Waals surface area contributed by atoms with Gasteiger partial charge in [0.1, 0.15) is 4.90 Å². The third-order valence-corrected chi connectivity index (χ3v) is 9.32. The van der Waals surface area contributed by atoms with E-state index in [9.17, 15) is 13.2 Å². The second-order valence-corrected chi connectivity index (χ2v) is 12.5. The molecule has 2 aliphatic heterocycles. The number of carbonyl (C=O) groups is 1. The number of sulfonamides is 1. The molecular weight excluding hydrogens is 484 g/mol. The molecule has 1 saturated carbocycles. The number of anilines is 2. The molecule has 2 N–H and O–H groups in total. The van der Waals surface area contributed by atoms with Gasteiger partial charge in [-0.3, -0.25) is 14.4 Å². The van der Waals surface area contributed by atoms with E-state index < -0.39 is 10.0 Å². The molecule has 0 aromatic heterocycles. The lowest BCUT2D eigenvalue weighted by Crippen LogP contribution is -2.59. The number of nitrogens with zero attached hydrogens (tertiary/aromatic N) is 2. The van der Waals surface area contributed by atoms with Crippen LogP contribution < -0.4 is 10.0 Å². The summed E-state index contributed by atoms with van der Waals surface area (Å²) in [6.07, 6.45) is 10.6. The fraction of sp³-hybridized carbons (Fsp3) is 0.483. The highest BCUT2D eigenvalue weighted by Gasteiger charge is 2.34. The predicted molar refractivity (Wildman–Crippen MR) is 149 cm³/mol. The van der Waals surface area contributed by atoms with Gasteiger partial charge in [0, 0.05) is 49.5 Å². The number of carbonyl (C=O) groups excluding carboxylic acids is 1. The number of fused-ring (bicyclic) bond motifs is 1. The van der Waals surface area contributed by atoms with Gasteiger partial charge in [-0.25, -0.2) is 8.42 Å². The maximum Gasteiger partial charge on any atom is 0.263 e. The molecule has 198 valence electrons. The van der Waals surface area contributed by atoms with Gasteiger partial charge in [0.05, 0.1) is 5.69 Å². The number of nitrogens with one attached hydrogen (secondary N) is 2. The third kappa shape index (κ3) is 5.70. The maximum absolute atomic E-state index is 13.4. The molecule has 2 heterocycles. The minimum atomic E-state index is -3.79. The molecule has 2 aromatic carbocycles. The summed E-state index contributed by atoms with van der Waals surface area (Å²) >= 11 is 0. The first-order valence-corrected chi connectivity index (χ1v) is 15.0. The Balaban J connectivity index is 1.24. The van der Waals surface area contributed by atoms with Crippen LogP contribution in [0, 0.1) is 5.92 Å². The molecule has 7 nitrogen and oxygen atoms in total. The van der Waals surface area contributed by atoms with E-state index in [2.05, 4.69) is 28.8 Å². The third-order valence-electron chi connectivity index (χ3n) is 7.90. The SMILES string of the molecule is CC1CN(CC2CCCCC2)CC(C)N1C(=O)c1ccc(NS(=O)(=O)c2cccc3c2NCC=C3)cc1. The number of hydrogen-bond acceptors (Lipinski definition) is 5. The number of rotatable bonds is 6. The second kappa shape index (κ2) is 10.9. The van der Waals surface area contributed by atoms with Crippen molar-refractivity contribution >= 4 is 33.4 Å². The Bertz CT molecular complexity index is 1240. The van der Waals surface area contributed by atoms with Crippen LogP contribution in [-0.2, 0) is 10.0 Å². The van der Waals surface area contributed by atoms with E-state index >= 15 is 0 Å². The Morgan fingerprint density at radius 2 is 1.70 bits per heavy atom. The standard InChI is InChI=1S/C29H38N4O3S/c1-21-18-32(20-23-8-4-3-5-9-23)19-22(2)33(21)29(34)25-13-15-26(16-14-25)31-37(35,36)27-12-6-10-24-11-7-17-30-28(24)27/h6-7,10-16,21-23,30-31H,3-5,8-9,17-20H2,1-2H3. The zero-order valence-corrected chi connectivity index (χ0v) is 22.6. The molecule has 5 rings (SSSR count). The van der Waals surface area contributed by atoms with E-state index in [0.717, 1.165) is 31.1 Å². The van der Waals surface area contributed by atoms with Crippen LogP contribution in [0.1, 0.15) is 61.9 Å². The van der Waals surface area contributed by atoms with Crippen molar-refractivity contribution in [3.8, 4) is 0 Å². The average Bonchev–Trinajstić information content (AvgIpc) is 2.88. The second-order valence-electron chi connectivity index (χ2n) is 10.8. The monoisotopic (exact) mass is 522 g/mol. The molecule has 0 bridgehead atoms. The first kappa shape index (κ1) is 25.8. The molecule has 2 aromatic rings. The maximum atomic E-state index is 13.4. The Kier molecular flexibility index (Phi) is 7.58. The largest absolute Gasteiger partial charge is 0.380 e. The van der Waals surface area contributed by atoms with Crippen LogP contribution in [0.3, 0.4) is 0 Å². The molecule has 1 amide bonds. The highest BCUT2D eigenvalue weighted by molar-refractivity contribution is 7.92. The van der Waals surface area contributed by atoms with Crippen molar-refractivity contribution in [2.45, 2.75) is 62.9 Å². The van der Waals surface area contributed by atoms with E-state index in [1.54, 1.807) is 36.4 Å². The Labute approximate surface area is 221 Å². The summed E-state index contributed by atoms with van der Waals surface area (Å²) in [4.78, 5) is 18.2. The normalized spacial score (nSPS) is 22.8. The summed E-state index contributed by atoms with van der Waals surface area (Å²) < 4.78 is 29.0. The molecule has 2 unspecified atom stereocenters. The van der Waals surface area contributed by atoms with Crippen molar-refractivity contribution in [1.82, 2.24) is 9.80 Å². The van der Waals surface area contributed by atoms with Gasteiger partial charge in [0.2, 0.25) is 0 Å². The van der Waals surface area contributed by atoms with Crippen LogP contribution in [0.5, 0.6) is 0 Å². The van der Waals surface area contributed by atoms with E-state index in [4.69, 9.17) is 0 Å². The van der Waals surface area contributed by atoms with Crippen molar-refractivity contribution in [3.63, 3.8) is 0 Å². The van der Waals surface area contributed by atoms with Crippen molar-refractivity contribution in [2.24, 2.45) is 5.92 Å². The highest BCUT2D eigenvalue weighted by atomic mass is 32.2. The summed E-state index contributed by atoms with van der Waals surface area (Å²) in [5.74, 6) is 0.792. The van der Waals surface area contributed by atoms with Gasteiger partial charge in [-0.2, -0.15) is 0 Å². The van der Waals surface area contributed by atoms with Crippen molar-refractivity contribution in [2.75, 3.05) is 36.2 Å². The van der Waals surface area contributed by atoms with Gasteiger partial charge in [0.15, 0.2) is 0 Å². The number of hydrogen-bond donors (Lipinski definition) is 2. The summed E-state index contributed by atoms with van der Waals surface area (Å²) in [6, 6.07) is 12.3. The molecule has 2 fully saturated rings. The molecule has 0 spiro atoms. The van der Waals surface area contributed by atoms with Crippen LogP contribution in [0.15, 0.2) is 53.4 Å². The summed E-state index contributed by atoms with van der Waals surface area (Å²) in [6.45, 7) is 7.79. The summed E-state index contributed by atoms with van der Waals surface area (Å²) in [7, 11) is -3.79. The van der Waals surface area contributed by atoms with Crippen LogP contribution in [0.25, 0.3) is 6.08 Å². The van der Waals surface area contributed by atoms with Crippen molar-refractivity contribution in [1.29, 1.82) is 0 Å². The van der Waals surface area contributed by atoms with Crippen molar-refractivity contribution in [3.05, 3.63) is 59.7 Å². The van der Waals surface area contributed by atoms with Gasteiger partial charge in [-0.1, -0.05) is 43.5 Å². The number of benzene rings is 2. The van der Waals surface area contributed by atoms with Gasteiger partial charge in [0.25, 0.3) is 15.9 Å². The van der Waals surface area contributed by atoms with Crippen molar-refractivity contribution < 1.29 is 13.2 Å². The zero-order valence-electron chi connectivity index (χ0n) is 21.8. The lowest BCUT2D eigenvalue weighted by atomic mass is 9.88. The molecule has 37 heavy (non-hydrogen) atoms. The van der Waals surface area contributed by atoms with E-state index in [1.165, 1.54) is 32.1 Å². The number of piperazine rings is 1. The van der Waals surface area contributed by atoms with E-state index in [0.29, 0.717) is 23.5 Å². The number of amides is 1. The molecule has 0 radical (unpaired) electrons. The minimum absolute atomic E-state index is 0.000148. The minimum Gasteiger partial charge on any atom is -0.380 e. The lowest BCUT2D eigenvalue weighted by Gasteiger charge is -2.45. The van der Waals surface area contributed by atoms with E-state index in [-0.39, 0.29) is 22.9 Å². The molecule has 1 aliphatic carbocycles. The van der Waals surface area contributed by atoms with Crippen LogP contribution in [0.4, 0.5) is 11.4 Å². The van der Waals surface area contributed by atoms with E-state index in [1.807, 2.05) is 23.1 Å².